The van der Waals surface area contributed by atoms with E-state index in [-0.39, 0.29) is 0 Å². The summed E-state index contributed by atoms with van der Waals surface area (Å²) in [6.45, 7) is 0. The average Bonchev–Trinajstić information content (AvgIpc) is 2.29. The fourth-order valence-electron chi connectivity index (χ4n) is 1.99. The van der Waals surface area contributed by atoms with Crippen molar-refractivity contribution in [2.75, 3.05) is 0 Å². The molecule has 0 unspecified atom stereocenters. The molecule has 2 rings (SSSR count). The van der Waals surface area contributed by atoms with E-state index in [0.29, 0.717) is 5.92 Å². The number of hydrogen-bond acceptors (Lipinski definition) is 0. The van der Waals surface area contributed by atoms with Gasteiger partial charge in [0.05, 0.1) is 0 Å². The van der Waals surface area contributed by atoms with Crippen LogP contribution in [0.25, 0.3) is 0 Å². The van der Waals surface area contributed by atoms with Gasteiger partial charge in [-0.25, -0.2) is 0 Å². The molecule has 0 spiro atoms. The molecule has 0 N–H and O–H groups in total. The quantitative estimate of drug-likeness (QED) is 0.445. The molecule has 0 fully saturated rings. The van der Waals surface area contributed by atoms with Crippen molar-refractivity contribution in [3.05, 3.63) is 48.0 Å². The van der Waals surface area contributed by atoms with Crippen LogP contribution < -0.4 is 0 Å². The predicted octanol–water partition coefficient (Wildman–Crippen LogP) is 4.17. The zero-order valence-electron chi connectivity index (χ0n) is 9.65. The third-order valence-corrected chi connectivity index (χ3v) is 2.96. The summed E-state index contributed by atoms with van der Waals surface area (Å²) in [5, 5.41) is 0. The normalized spacial score (nSPS) is 22.4. The van der Waals surface area contributed by atoms with Gasteiger partial charge in [0.1, 0.15) is 0 Å². The van der Waals surface area contributed by atoms with E-state index in [1.165, 1.54) is 25.7 Å². The highest BCUT2D eigenvalue weighted by atomic mass is 14.1. The van der Waals surface area contributed by atoms with Crippen LogP contribution in [0.1, 0.15) is 37.7 Å². The van der Waals surface area contributed by atoms with Gasteiger partial charge in [0, 0.05) is 11.5 Å². The van der Waals surface area contributed by atoms with Gasteiger partial charge in [-0.05, 0) is 37.8 Å². The monoisotopic (exact) mass is 210 g/mol. The van der Waals surface area contributed by atoms with Gasteiger partial charge in [0.25, 0.3) is 0 Å². The summed E-state index contributed by atoms with van der Waals surface area (Å²) in [4.78, 5) is 0. The van der Waals surface area contributed by atoms with E-state index in [9.17, 15) is 0 Å². The Labute approximate surface area is 98.4 Å². The van der Waals surface area contributed by atoms with Gasteiger partial charge in [-0.3, -0.25) is 0 Å². The van der Waals surface area contributed by atoms with Crippen molar-refractivity contribution >= 4 is 0 Å². The summed E-state index contributed by atoms with van der Waals surface area (Å²) in [6, 6.07) is 10.3. The number of rotatable bonds is 0. The SMILES string of the molecule is C(#C[C@H]1C/C=C\CCCC1)c1ccccc1. The highest BCUT2D eigenvalue weighted by Gasteiger charge is 2.04. The van der Waals surface area contributed by atoms with Crippen LogP contribution in [0.2, 0.25) is 0 Å². The Morgan fingerprint density at radius 3 is 2.75 bits per heavy atom. The summed E-state index contributed by atoms with van der Waals surface area (Å²) < 4.78 is 0. The lowest BCUT2D eigenvalue weighted by Crippen LogP contribution is -1.97. The number of hydrogen-bond donors (Lipinski definition) is 0. The van der Waals surface area contributed by atoms with Gasteiger partial charge >= 0.3 is 0 Å². The summed E-state index contributed by atoms with van der Waals surface area (Å²) in [6.07, 6.45) is 10.9. The lowest BCUT2D eigenvalue weighted by molar-refractivity contribution is 0.554. The Hall–Kier alpha value is -1.48. The molecule has 1 atom stereocenters. The van der Waals surface area contributed by atoms with E-state index in [0.717, 1.165) is 12.0 Å². The topological polar surface area (TPSA) is 0 Å². The minimum absolute atomic E-state index is 0.553. The maximum Gasteiger partial charge on any atom is 0.0245 e. The van der Waals surface area contributed by atoms with E-state index in [1.54, 1.807) is 0 Å². The molecule has 0 amide bonds. The molecule has 0 heteroatoms. The van der Waals surface area contributed by atoms with Crippen LogP contribution >= 0.6 is 0 Å². The standard InChI is InChI=1S/C16H18/c1-2-5-9-15(10-6-3-1)13-14-16-11-7-4-8-12-16/h2,4-5,7-8,11-12,15H,1,3,6,9-10H2/b5-2-/t15-/m0/s1. The van der Waals surface area contributed by atoms with Crippen molar-refractivity contribution in [3.63, 3.8) is 0 Å². The second kappa shape index (κ2) is 6.18. The Kier molecular flexibility index (Phi) is 4.26. The second-order valence-electron chi connectivity index (χ2n) is 4.32. The zero-order valence-corrected chi connectivity index (χ0v) is 9.65. The Balaban J connectivity index is 2.00. The molecule has 1 aromatic rings. The molecule has 0 radical (unpaired) electrons. The first-order chi connectivity index (χ1) is 7.95. The summed E-state index contributed by atoms with van der Waals surface area (Å²) in [5.41, 5.74) is 1.13. The largest absolute Gasteiger partial charge is 0.0942 e. The van der Waals surface area contributed by atoms with Gasteiger partial charge in [0.2, 0.25) is 0 Å². The van der Waals surface area contributed by atoms with E-state index in [2.05, 4.69) is 36.1 Å². The maximum absolute atomic E-state index is 3.40. The third-order valence-electron chi connectivity index (χ3n) is 2.96. The minimum atomic E-state index is 0.553. The molecule has 0 aliphatic heterocycles. The lowest BCUT2D eigenvalue weighted by atomic mass is 9.95. The molecule has 0 aromatic heterocycles. The average molecular weight is 210 g/mol. The fourth-order valence-corrected chi connectivity index (χ4v) is 1.99. The smallest absolute Gasteiger partial charge is 0.0245 e. The van der Waals surface area contributed by atoms with Crippen LogP contribution in [0.4, 0.5) is 0 Å². The summed E-state index contributed by atoms with van der Waals surface area (Å²) in [7, 11) is 0. The molecule has 1 aliphatic carbocycles. The van der Waals surface area contributed by atoms with Gasteiger partial charge in [-0.15, -0.1) is 0 Å². The molecule has 0 heterocycles. The second-order valence-corrected chi connectivity index (χ2v) is 4.32. The Morgan fingerprint density at radius 1 is 1.00 bits per heavy atom. The molecule has 0 nitrogen and oxygen atoms in total. The molecule has 0 saturated carbocycles. The molecule has 0 saturated heterocycles. The summed E-state index contributed by atoms with van der Waals surface area (Å²) in [5.74, 6) is 7.24. The van der Waals surface area contributed by atoms with Crippen LogP contribution in [-0.4, -0.2) is 0 Å². The fraction of sp³-hybridized carbons (Fsp3) is 0.375. The highest BCUT2D eigenvalue weighted by molar-refractivity contribution is 5.34. The first kappa shape index (κ1) is 11.0. The van der Waals surface area contributed by atoms with Gasteiger partial charge in [-0.1, -0.05) is 48.6 Å². The van der Waals surface area contributed by atoms with Crippen molar-refractivity contribution in [1.29, 1.82) is 0 Å². The van der Waals surface area contributed by atoms with Crippen LogP contribution in [0.5, 0.6) is 0 Å². The van der Waals surface area contributed by atoms with Crippen LogP contribution in [0.15, 0.2) is 42.5 Å². The molecule has 82 valence electrons. The third kappa shape index (κ3) is 3.59. The highest BCUT2D eigenvalue weighted by Crippen LogP contribution is 2.17. The van der Waals surface area contributed by atoms with Gasteiger partial charge < -0.3 is 0 Å². The molecule has 0 bridgehead atoms. The maximum atomic E-state index is 3.40. The van der Waals surface area contributed by atoms with Crippen LogP contribution in [0, 0.1) is 17.8 Å². The first-order valence-electron chi connectivity index (χ1n) is 6.17. The van der Waals surface area contributed by atoms with Crippen molar-refractivity contribution < 1.29 is 0 Å². The molecule has 1 aromatic carbocycles. The van der Waals surface area contributed by atoms with Crippen LogP contribution in [0.3, 0.4) is 0 Å². The van der Waals surface area contributed by atoms with E-state index >= 15 is 0 Å². The van der Waals surface area contributed by atoms with E-state index < -0.39 is 0 Å². The van der Waals surface area contributed by atoms with Crippen molar-refractivity contribution in [2.24, 2.45) is 5.92 Å². The van der Waals surface area contributed by atoms with E-state index in [1.807, 2.05) is 18.2 Å². The first-order valence-corrected chi connectivity index (χ1v) is 6.17. The lowest BCUT2D eigenvalue weighted by Gasteiger charge is -2.09. The molecular formula is C16H18. The summed E-state index contributed by atoms with van der Waals surface area (Å²) >= 11 is 0. The van der Waals surface area contributed by atoms with Crippen molar-refractivity contribution in [3.8, 4) is 11.8 Å². The van der Waals surface area contributed by atoms with Crippen molar-refractivity contribution in [1.82, 2.24) is 0 Å². The molecule has 16 heavy (non-hydrogen) atoms. The number of allylic oxidation sites excluding steroid dienone is 2. The van der Waals surface area contributed by atoms with Gasteiger partial charge in [-0.2, -0.15) is 0 Å². The van der Waals surface area contributed by atoms with E-state index in [4.69, 9.17) is 0 Å². The Morgan fingerprint density at radius 2 is 1.88 bits per heavy atom. The Bertz CT molecular complexity index is 389. The number of benzene rings is 1. The predicted molar refractivity (Wildman–Crippen MR) is 69.0 cm³/mol. The molecular weight excluding hydrogens is 192 g/mol. The van der Waals surface area contributed by atoms with Crippen LogP contribution in [-0.2, 0) is 0 Å². The molecule has 1 aliphatic rings. The minimum Gasteiger partial charge on any atom is -0.0942 e. The van der Waals surface area contributed by atoms with Gasteiger partial charge in [0.15, 0.2) is 0 Å². The zero-order chi connectivity index (χ0) is 11.1. The van der Waals surface area contributed by atoms with Crippen molar-refractivity contribution in [2.45, 2.75) is 32.1 Å².